The Labute approximate surface area is 244 Å². The van der Waals surface area contributed by atoms with Crippen molar-refractivity contribution in [1.29, 1.82) is 0 Å². The second-order valence-electron chi connectivity index (χ2n) is 10.1. The minimum atomic E-state index is 0.665. The van der Waals surface area contributed by atoms with Crippen LogP contribution < -0.4 is 4.90 Å². The number of nitrogens with zero attached hydrogens (tertiary/aromatic N) is 7. The monoisotopic (exact) mass is 559 g/mol. The number of para-hydroxylation sites is 4. The molecule has 198 valence electrons. The first-order valence-corrected chi connectivity index (χ1v) is 14.5. The SMILES string of the molecule is c1ccc(-c2nnc3c4nnc(-c5ccc(N6c7ccccc7Sc7ccccc76)cc5)n4c4ccccc4n23)cc1. The lowest BCUT2D eigenvalue weighted by Gasteiger charge is -2.32. The molecular formula is C34H21N7S. The number of hydrogen-bond acceptors (Lipinski definition) is 6. The predicted octanol–water partition coefficient (Wildman–Crippen LogP) is 8.19. The smallest absolute Gasteiger partial charge is 0.207 e. The first-order chi connectivity index (χ1) is 20.8. The first-order valence-electron chi connectivity index (χ1n) is 13.7. The third kappa shape index (κ3) is 3.36. The molecule has 0 saturated heterocycles. The zero-order valence-electron chi connectivity index (χ0n) is 22.2. The Morgan fingerprint density at radius 2 is 0.905 bits per heavy atom. The fourth-order valence-electron chi connectivity index (χ4n) is 5.86. The summed E-state index contributed by atoms with van der Waals surface area (Å²) in [4.78, 5) is 4.80. The van der Waals surface area contributed by atoms with E-state index in [0.717, 1.165) is 39.5 Å². The van der Waals surface area contributed by atoms with Gasteiger partial charge in [-0.25, -0.2) is 0 Å². The lowest BCUT2D eigenvalue weighted by Crippen LogP contribution is -2.14. The molecule has 0 radical (unpaired) electrons. The largest absolute Gasteiger partial charge is 0.308 e. The maximum Gasteiger partial charge on any atom is 0.207 e. The van der Waals surface area contributed by atoms with Gasteiger partial charge in [-0.2, -0.15) is 0 Å². The van der Waals surface area contributed by atoms with Gasteiger partial charge in [0.25, 0.3) is 0 Å². The van der Waals surface area contributed by atoms with Gasteiger partial charge >= 0.3 is 0 Å². The Morgan fingerprint density at radius 1 is 0.429 bits per heavy atom. The summed E-state index contributed by atoms with van der Waals surface area (Å²) in [5, 5.41) is 18.5. The Balaban J connectivity index is 1.21. The maximum atomic E-state index is 4.68. The Hall–Kier alpha value is -5.47. The zero-order valence-corrected chi connectivity index (χ0v) is 23.0. The molecule has 9 rings (SSSR count). The molecule has 5 aromatic carbocycles. The summed E-state index contributed by atoms with van der Waals surface area (Å²) in [6, 6.07) is 44.0. The summed E-state index contributed by atoms with van der Waals surface area (Å²) in [5.74, 6) is 1.54. The van der Waals surface area contributed by atoms with Crippen molar-refractivity contribution in [1.82, 2.24) is 29.2 Å². The molecule has 0 amide bonds. The van der Waals surface area contributed by atoms with E-state index in [1.807, 2.05) is 54.2 Å². The Bertz CT molecular complexity index is 2240. The van der Waals surface area contributed by atoms with Gasteiger partial charge < -0.3 is 4.90 Å². The summed E-state index contributed by atoms with van der Waals surface area (Å²) in [6.07, 6.45) is 0. The van der Waals surface area contributed by atoms with Crippen LogP contribution in [-0.4, -0.2) is 29.2 Å². The van der Waals surface area contributed by atoms with Crippen LogP contribution in [0.15, 0.2) is 137 Å². The zero-order chi connectivity index (χ0) is 27.6. The third-order valence-corrected chi connectivity index (χ3v) is 8.87. The molecule has 0 fully saturated rings. The van der Waals surface area contributed by atoms with Crippen LogP contribution in [0.1, 0.15) is 0 Å². The number of anilines is 3. The summed E-state index contributed by atoms with van der Waals surface area (Å²) >= 11 is 1.81. The average Bonchev–Trinajstić information content (AvgIpc) is 3.70. The fourth-order valence-corrected chi connectivity index (χ4v) is 6.92. The molecule has 1 aliphatic rings. The average molecular weight is 560 g/mol. The molecule has 3 aromatic heterocycles. The molecule has 1 aliphatic heterocycles. The van der Waals surface area contributed by atoms with Gasteiger partial charge in [0, 0.05) is 26.6 Å². The van der Waals surface area contributed by atoms with E-state index in [9.17, 15) is 0 Å². The van der Waals surface area contributed by atoms with Gasteiger partial charge in [0.1, 0.15) is 0 Å². The highest BCUT2D eigenvalue weighted by molar-refractivity contribution is 7.99. The van der Waals surface area contributed by atoms with Crippen molar-refractivity contribution in [3.63, 3.8) is 0 Å². The quantitative estimate of drug-likeness (QED) is 0.217. The highest BCUT2D eigenvalue weighted by Gasteiger charge is 2.25. The minimum absolute atomic E-state index is 0.665. The van der Waals surface area contributed by atoms with Crippen LogP contribution in [0.4, 0.5) is 17.1 Å². The Kier molecular flexibility index (Phi) is 4.99. The van der Waals surface area contributed by atoms with Crippen molar-refractivity contribution in [2.75, 3.05) is 4.90 Å². The van der Waals surface area contributed by atoms with Crippen molar-refractivity contribution in [3.05, 3.63) is 127 Å². The molecule has 0 bridgehead atoms. The van der Waals surface area contributed by atoms with Crippen LogP contribution >= 0.6 is 11.8 Å². The molecule has 0 unspecified atom stereocenters. The van der Waals surface area contributed by atoms with E-state index in [-0.39, 0.29) is 0 Å². The van der Waals surface area contributed by atoms with Crippen LogP contribution in [0.25, 0.3) is 45.1 Å². The fraction of sp³-hybridized carbons (Fsp3) is 0. The van der Waals surface area contributed by atoms with Crippen molar-refractivity contribution in [2.24, 2.45) is 0 Å². The number of hydrogen-bond donors (Lipinski definition) is 0. The third-order valence-electron chi connectivity index (χ3n) is 7.74. The van der Waals surface area contributed by atoms with Gasteiger partial charge in [-0.15, -0.1) is 20.4 Å². The highest BCUT2D eigenvalue weighted by atomic mass is 32.2. The van der Waals surface area contributed by atoms with E-state index >= 15 is 0 Å². The van der Waals surface area contributed by atoms with Crippen molar-refractivity contribution >= 4 is 51.2 Å². The lowest BCUT2D eigenvalue weighted by molar-refractivity contribution is 1.10. The van der Waals surface area contributed by atoms with Crippen molar-refractivity contribution in [2.45, 2.75) is 9.79 Å². The topological polar surface area (TPSA) is 63.6 Å². The molecule has 0 aliphatic carbocycles. The number of fused-ring (bicyclic) bond motifs is 8. The van der Waals surface area contributed by atoms with Gasteiger partial charge in [-0.05, 0) is 60.7 Å². The van der Waals surface area contributed by atoms with Crippen LogP contribution in [0.5, 0.6) is 0 Å². The van der Waals surface area contributed by atoms with Gasteiger partial charge in [-0.1, -0.05) is 78.5 Å². The molecule has 0 atom stereocenters. The van der Waals surface area contributed by atoms with Crippen LogP contribution in [0.3, 0.4) is 0 Å². The molecular weight excluding hydrogens is 538 g/mol. The molecule has 8 heteroatoms. The van der Waals surface area contributed by atoms with Crippen molar-refractivity contribution < 1.29 is 0 Å². The molecule has 0 N–H and O–H groups in total. The van der Waals surface area contributed by atoms with Gasteiger partial charge in [0.05, 0.1) is 22.4 Å². The molecule has 7 nitrogen and oxygen atoms in total. The summed E-state index contributed by atoms with van der Waals surface area (Å²) in [6.45, 7) is 0. The van der Waals surface area contributed by atoms with Gasteiger partial charge in [0.2, 0.25) is 11.3 Å². The van der Waals surface area contributed by atoms with E-state index in [2.05, 4.69) is 119 Å². The second-order valence-corrected chi connectivity index (χ2v) is 11.2. The van der Waals surface area contributed by atoms with Crippen LogP contribution in [0.2, 0.25) is 0 Å². The van der Waals surface area contributed by atoms with E-state index < -0.39 is 0 Å². The van der Waals surface area contributed by atoms with E-state index in [4.69, 9.17) is 0 Å². The van der Waals surface area contributed by atoms with Crippen LogP contribution in [-0.2, 0) is 0 Å². The summed E-state index contributed by atoms with van der Waals surface area (Å²) in [5.41, 5.74) is 8.71. The molecule has 0 spiro atoms. The minimum Gasteiger partial charge on any atom is -0.308 e. The normalized spacial score (nSPS) is 12.6. The van der Waals surface area contributed by atoms with Gasteiger partial charge in [0.15, 0.2) is 11.6 Å². The number of benzene rings is 5. The second kappa shape index (κ2) is 9.02. The predicted molar refractivity (Wildman–Crippen MR) is 167 cm³/mol. The van der Waals surface area contributed by atoms with Crippen molar-refractivity contribution in [3.8, 4) is 22.8 Å². The van der Waals surface area contributed by atoms with E-state index in [0.29, 0.717) is 11.3 Å². The maximum absolute atomic E-state index is 4.68. The summed E-state index contributed by atoms with van der Waals surface area (Å²) < 4.78 is 4.16. The molecule has 42 heavy (non-hydrogen) atoms. The number of aromatic nitrogens is 6. The highest BCUT2D eigenvalue weighted by Crippen LogP contribution is 2.51. The van der Waals surface area contributed by atoms with Gasteiger partial charge in [-0.3, -0.25) is 8.80 Å². The lowest BCUT2D eigenvalue weighted by atomic mass is 10.1. The molecule has 4 heterocycles. The molecule has 0 saturated carbocycles. The van der Waals surface area contributed by atoms with E-state index in [1.54, 1.807) is 0 Å². The van der Waals surface area contributed by atoms with Crippen LogP contribution in [0, 0.1) is 0 Å². The van der Waals surface area contributed by atoms with E-state index in [1.165, 1.54) is 21.2 Å². The standard InChI is InChI=1S/C34H21N7S/c1-2-10-22(11-3-1)31-35-37-33-34-38-36-32(41(34)26-13-5-4-12-25(26)40(31)33)23-18-20-24(21-19-23)39-27-14-6-8-16-29(27)42-30-17-9-7-15-28(30)39/h1-21H. The summed E-state index contributed by atoms with van der Waals surface area (Å²) in [7, 11) is 0. The number of rotatable bonds is 3. The first kappa shape index (κ1) is 23.3. The Morgan fingerprint density at radius 3 is 1.48 bits per heavy atom. The molecule has 8 aromatic rings.